The number of anilines is 1. The van der Waals surface area contributed by atoms with Gasteiger partial charge in [-0.2, -0.15) is 0 Å². The zero-order valence-electron chi connectivity index (χ0n) is 11.7. The van der Waals surface area contributed by atoms with Crippen molar-refractivity contribution in [3.05, 3.63) is 22.8 Å². The summed E-state index contributed by atoms with van der Waals surface area (Å²) in [4.78, 5) is 18.3. The largest absolute Gasteiger partial charge is 0.384 e. The van der Waals surface area contributed by atoms with E-state index in [1.54, 1.807) is 12.1 Å². The summed E-state index contributed by atoms with van der Waals surface area (Å²) < 4.78 is 0. The van der Waals surface area contributed by atoms with Crippen LogP contribution in [0.1, 0.15) is 36.2 Å². The highest BCUT2D eigenvalue weighted by Gasteiger charge is 2.19. The average molecular weight is 297 g/mol. The molecule has 6 heteroatoms. The quantitative estimate of drug-likeness (QED) is 0.871. The molecule has 0 aliphatic heterocycles. The van der Waals surface area contributed by atoms with Gasteiger partial charge < -0.3 is 16.0 Å². The van der Waals surface area contributed by atoms with E-state index < -0.39 is 0 Å². The zero-order chi connectivity index (χ0) is 14.5. The van der Waals surface area contributed by atoms with Crippen LogP contribution in [0.5, 0.6) is 0 Å². The summed E-state index contributed by atoms with van der Waals surface area (Å²) >= 11 is 5.95. The van der Waals surface area contributed by atoms with Crippen LogP contribution in [0.2, 0.25) is 5.02 Å². The average Bonchev–Trinajstić information content (AvgIpc) is 2.95. The molecule has 110 valence electrons. The maximum absolute atomic E-state index is 12.0. The van der Waals surface area contributed by atoms with Gasteiger partial charge in [0.25, 0.3) is 5.91 Å². The van der Waals surface area contributed by atoms with E-state index in [4.69, 9.17) is 17.3 Å². The SMILES string of the molecule is CN(CCNC(=O)c1nc(N)ccc1Cl)C1CCCC1. The van der Waals surface area contributed by atoms with Crippen molar-refractivity contribution in [2.24, 2.45) is 0 Å². The van der Waals surface area contributed by atoms with Crippen LogP contribution in [0.3, 0.4) is 0 Å². The molecular weight excluding hydrogens is 276 g/mol. The number of nitrogen functional groups attached to an aromatic ring is 1. The number of likely N-dealkylation sites (N-methyl/N-ethyl adjacent to an activating group) is 1. The molecule has 1 aromatic rings. The lowest BCUT2D eigenvalue weighted by Crippen LogP contribution is -2.37. The van der Waals surface area contributed by atoms with Crippen LogP contribution in [-0.4, -0.2) is 42.0 Å². The molecule has 1 saturated carbocycles. The Balaban J connectivity index is 1.81. The van der Waals surface area contributed by atoms with Gasteiger partial charge in [0.2, 0.25) is 0 Å². The number of halogens is 1. The van der Waals surface area contributed by atoms with Crippen LogP contribution in [0.4, 0.5) is 5.82 Å². The summed E-state index contributed by atoms with van der Waals surface area (Å²) in [5.41, 5.74) is 5.76. The van der Waals surface area contributed by atoms with Gasteiger partial charge in [0.15, 0.2) is 0 Å². The number of aromatic nitrogens is 1. The molecule has 0 atom stereocenters. The number of carbonyl (C=O) groups excluding carboxylic acids is 1. The summed E-state index contributed by atoms with van der Waals surface area (Å²) in [6, 6.07) is 3.82. The van der Waals surface area contributed by atoms with Gasteiger partial charge in [0, 0.05) is 19.1 Å². The predicted molar refractivity (Wildman–Crippen MR) is 80.9 cm³/mol. The molecule has 1 aliphatic rings. The summed E-state index contributed by atoms with van der Waals surface area (Å²) in [7, 11) is 2.11. The van der Waals surface area contributed by atoms with E-state index in [2.05, 4.69) is 22.2 Å². The second-order valence-electron chi connectivity index (χ2n) is 5.24. The molecule has 0 bridgehead atoms. The first kappa shape index (κ1) is 15.1. The molecule has 3 N–H and O–H groups in total. The molecule has 0 spiro atoms. The lowest BCUT2D eigenvalue weighted by Gasteiger charge is -2.23. The zero-order valence-corrected chi connectivity index (χ0v) is 12.5. The Morgan fingerprint density at radius 3 is 2.90 bits per heavy atom. The number of hydrogen-bond acceptors (Lipinski definition) is 4. The first-order valence-corrected chi connectivity index (χ1v) is 7.36. The fourth-order valence-electron chi connectivity index (χ4n) is 2.57. The van der Waals surface area contributed by atoms with Crippen molar-refractivity contribution in [1.29, 1.82) is 0 Å². The van der Waals surface area contributed by atoms with Gasteiger partial charge in [-0.3, -0.25) is 4.79 Å². The number of pyridine rings is 1. The summed E-state index contributed by atoms with van der Waals surface area (Å²) in [6.07, 6.45) is 5.13. The van der Waals surface area contributed by atoms with Crippen molar-refractivity contribution < 1.29 is 4.79 Å². The van der Waals surface area contributed by atoms with Gasteiger partial charge in [-0.25, -0.2) is 4.98 Å². The summed E-state index contributed by atoms with van der Waals surface area (Å²) in [6.45, 7) is 1.41. The van der Waals surface area contributed by atoms with Crippen LogP contribution >= 0.6 is 11.6 Å². The maximum Gasteiger partial charge on any atom is 0.271 e. The van der Waals surface area contributed by atoms with Crippen molar-refractivity contribution in [1.82, 2.24) is 15.2 Å². The number of hydrogen-bond donors (Lipinski definition) is 2. The molecule has 1 aromatic heterocycles. The highest BCUT2D eigenvalue weighted by Crippen LogP contribution is 2.21. The molecule has 1 fully saturated rings. The number of carbonyl (C=O) groups is 1. The van der Waals surface area contributed by atoms with Crippen molar-refractivity contribution in [2.45, 2.75) is 31.7 Å². The van der Waals surface area contributed by atoms with Crippen molar-refractivity contribution >= 4 is 23.3 Å². The van der Waals surface area contributed by atoms with E-state index >= 15 is 0 Å². The summed E-state index contributed by atoms with van der Waals surface area (Å²) in [5, 5.41) is 3.16. The van der Waals surface area contributed by atoms with Crippen LogP contribution in [0.15, 0.2) is 12.1 Å². The Bertz CT molecular complexity index is 474. The van der Waals surface area contributed by atoms with E-state index in [0.717, 1.165) is 6.54 Å². The molecular formula is C14H21ClN4O. The van der Waals surface area contributed by atoms with E-state index in [0.29, 0.717) is 23.4 Å². The lowest BCUT2D eigenvalue weighted by atomic mass is 10.2. The van der Waals surface area contributed by atoms with Gasteiger partial charge in [-0.05, 0) is 32.0 Å². The highest BCUT2D eigenvalue weighted by atomic mass is 35.5. The van der Waals surface area contributed by atoms with Crippen LogP contribution in [0, 0.1) is 0 Å². The van der Waals surface area contributed by atoms with Crippen molar-refractivity contribution in [2.75, 3.05) is 25.9 Å². The number of nitrogens with zero attached hydrogens (tertiary/aromatic N) is 2. The minimum Gasteiger partial charge on any atom is -0.384 e. The molecule has 20 heavy (non-hydrogen) atoms. The monoisotopic (exact) mass is 296 g/mol. The highest BCUT2D eigenvalue weighted by molar-refractivity contribution is 6.33. The molecule has 0 radical (unpaired) electrons. The molecule has 1 aliphatic carbocycles. The first-order chi connectivity index (χ1) is 9.58. The maximum atomic E-state index is 12.0. The molecule has 0 aromatic carbocycles. The van der Waals surface area contributed by atoms with E-state index in [9.17, 15) is 4.79 Å². The van der Waals surface area contributed by atoms with Gasteiger partial charge in [-0.15, -0.1) is 0 Å². The third-order valence-corrected chi connectivity index (χ3v) is 4.09. The van der Waals surface area contributed by atoms with E-state index in [1.807, 2.05) is 0 Å². The Labute approximate surface area is 124 Å². The van der Waals surface area contributed by atoms with Gasteiger partial charge >= 0.3 is 0 Å². The molecule has 2 rings (SSSR count). The topological polar surface area (TPSA) is 71.2 Å². The first-order valence-electron chi connectivity index (χ1n) is 6.98. The van der Waals surface area contributed by atoms with Crippen LogP contribution in [0.25, 0.3) is 0 Å². The van der Waals surface area contributed by atoms with Gasteiger partial charge in [0.1, 0.15) is 11.5 Å². The Hall–Kier alpha value is -1.33. The Morgan fingerprint density at radius 1 is 1.50 bits per heavy atom. The Morgan fingerprint density at radius 2 is 2.20 bits per heavy atom. The minimum absolute atomic E-state index is 0.190. The number of amides is 1. The second kappa shape index (κ2) is 6.90. The fourth-order valence-corrected chi connectivity index (χ4v) is 2.76. The van der Waals surface area contributed by atoms with E-state index in [1.165, 1.54) is 25.7 Å². The fraction of sp³-hybridized carbons (Fsp3) is 0.571. The Kier molecular flexibility index (Phi) is 5.20. The van der Waals surface area contributed by atoms with Crippen molar-refractivity contribution in [3.63, 3.8) is 0 Å². The second-order valence-corrected chi connectivity index (χ2v) is 5.65. The van der Waals surface area contributed by atoms with Crippen LogP contribution < -0.4 is 11.1 Å². The molecule has 5 nitrogen and oxygen atoms in total. The molecule has 0 saturated heterocycles. The summed E-state index contributed by atoms with van der Waals surface area (Å²) in [5.74, 6) is 0.0183. The van der Waals surface area contributed by atoms with Crippen LogP contribution in [-0.2, 0) is 0 Å². The predicted octanol–water partition coefficient (Wildman–Crippen LogP) is 1.92. The lowest BCUT2D eigenvalue weighted by molar-refractivity contribution is 0.0942. The van der Waals surface area contributed by atoms with Crippen molar-refractivity contribution in [3.8, 4) is 0 Å². The third kappa shape index (κ3) is 3.84. The van der Waals surface area contributed by atoms with Gasteiger partial charge in [-0.1, -0.05) is 24.4 Å². The molecule has 1 amide bonds. The number of nitrogens with one attached hydrogen (secondary N) is 1. The molecule has 0 unspecified atom stereocenters. The third-order valence-electron chi connectivity index (χ3n) is 3.78. The minimum atomic E-state index is -0.276. The smallest absolute Gasteiger partial charge is 0.271 e. The van der Waals surface area contributed by atoms with E-state index in [-0.39, 0.29) is 11.6 Å². The number of rotatable bonds is 5. The standard InChI is InChI=1S/C14H21ClN4O/c1-19(10-4-2-3-5-10)9-8-17-14(20)13-11(15)6-7-12(16)18-13/h6-7,10H,2-5,8-9H2,1H3,(H2,16,18)(H,17,20). The van der Waals surface area contributed by atoms with Gasteiger partial charge in [0.05, 0.1) is 5.02 Å². The molecule has 1 heterocycles. The normalized spacial score (nSPS) is 15.8. The number of nitrogens with two attached hydrogens (primary N) is 1.